The molecule has 2 unspecified atom stereocenters. The summed E-state index contributed by atoms with van der Waals surface area (Å²) in [7, 11) is 0. The molecule has 1 aliphatic heterocycles. The van der Waals surface area contributed by atoms with Gasteiger partial charge in [0.2, 0.25) is 5.91 Å². The summed E-state index contributed by atoms with van der Waals surface area (Å²) in [5.74, 6) is 1.28. The molecule has 1 heterocycles. The number of likely N-dealkylation sites (tertiary alicyclic amines) is 1. The van der Waals surface area contributed by atoms with E-state index in [0.29, 0.717) is 37.9 Å². The lowest BCUT2D eigenvalue weighted by Gasteiger charge is -2.36. The van der Waals surface area contributed by atoms with Crippen LogP contribution in [0, 0.1) is 11.8 Å². The van der Waals surface area contributed by atoms with Crippen molar-refractivity contribution < 1.29 is 15.0 Å². The maximum absolute atomic E-state index is 12.3. The molecule has 0 spiro atoms. The van der Waals surface area contributed by atoms with Crippen LogP contribution in [-0.2, 0) is 4.79 Å². The molecule has 5 heteroatoms. The Morgan fingerprint density at radius 2 is 1.79 bits per heavy atom. The molecule has 0 aromatic carbocycles. The average Bonchev–Trinajstić information content (AvgIpc) is 2.35. The van der Waals surface area contributed by atoms with Gasteiger partial charge in [-0.05, 0) is 24.7 Å². The Bertz CT molecular complexity index is 263. The minimum atomic E-state index is 0.0471. The van der Waals surface area contributed by atoms with E-state index in [1.165, 1.54) is 6.42 Å². The lowest BCUT2D eigenvalue weighted by atomic mass is 9.92. The maximum atomic E-state index is 12.3. The summed E-state index contributed by atoms with van der Waals surface area (Å²) in [4.78, 5) is 16.1. The van der Waals surface area contributed by atoms with E-state index >= 15 is 0 Å². The molecule has 0 bridgehead atoms. The Hall–Kier alpha value is -0.650. The summed E-state index contributed by atoms with van der Waals surface area (Å²) >= 11 is 0. The number of rotatable bonds is 7. The maximum Gasteiger partial charge on any atom is 0.236 e. The lowest BCUT2D eigenvalue weighted by Crippen LogP contribution is -2.47. The largest absolute Gasteiger partial charge is 0.396 e. The minimum Gasteiger partial charge on any atom is -0.396 e. The Morgan fingerprint density at radius 1 is 1.16 bits per heavy atom. The summed E-state index contributed by atoms with van der Waals surface area (Å²) in [6, 6.07) is 0. The second-order valence-electron chi connectivity index (χ2n) is 5.82. The van der Waals surface area contributed by atoms with E-state index in [-0.39, 0.29) is 19.1 Å². The van der Waals surface area contributed by atoms with Gasteiger partial charge in [0, 0.05) is 32.8 Å². The van der Waals surface area contributed by atoms with Gasteiger partial charge < -0.3 is 15.1 Å². The molecule has 1 saturated heterocycles. The Kier molecular flexibility index (Phi) is 7.34. The van der Waals surface area contributed by atoms with Crippen LogP contribution in [0.25, 0.3) is 0 Å². The van der Waals surface area contributed by atoms with Gasteiger partial charge in [0.15, 0.2) is 0 Å². The molecular formula is C14H28N2O3. The van der Waals surface area contributed by atoms with E-state index in [1.54, 1.807) is 0 Å². The van der Waals surface area contributed by atoms with Gasteiger partial charge in [-0.15, -0.1) is 0 Å². The fourth-order valence-electron chi connectivity index (χ4n) is 2.86. The van der Waals surface area contributed by atoms with E-state index in [0.717, 1.165) is 13.1 Å². The SMILES string of the molecule is CC1CC(C)CN(C(=O)CN(CCO)CCCO)C1. The quantitative estimate of drug-likeness (QED) is 0.693. The Balaban J connectivity index is 2.45. The summed E-state index contributed by atoms with van der Waals surface area (Å²) in [6.45, 7) is 7.72. The molecule has 1 rings (SSSR count). The first kappa shape index (κ1) is 16.4. The van der Waals surface area contributed by atoms with Crippen LogP contribution in [-0.4, -0.2) is 71.9 Å². The van der Waals surface area contributed by atoms with Crippen LogP contribution in [0.1, 0.15) is 26.7 Å². The number of hydrogen-bond donors (Lipinski definition) is 2. The van der Waals surface area contributed by atoms with E-state index in [4.69, 9.17) is 10.2 Å². The Labute approximate surface area is 116 Å². The predicted octanol–water partition coefficient (Wildman–Crippen LogP) is 0.168. The molecular weight excluding hydrogens is 244 g/mol. The van der Waals surface area contributed by atoms with Crippen LogP contribution < -0.4 is 0 Å². The first-order valence-corrected chi connectivity index (χ1v) is 7.28. The molecule has 1 fully saturated rings. The van der Waals surface area contributed by atoms with Gasteiger partial charge in [0.25, 0.3) is 0 Å². The number of aliphatic hydroxyl groups is 2. The predicted molar refractivity (Wildman–Crippen MR) is 74.8 cm³/mol. The summed E-state index contributed by atoms with van der Waals surface area (Å²) in [5, 5.41) is 17.9. The lowest BCUT2D eigenvalue weighted by molar-refractivity contribution is -0.135. The molecule has 0 aromatic rings. The van der Waals surface area contributed by atoms with Gasteiger partial charge in [0.05, 0.1) is 13.2 Å². The highest BCUT2D eigenvalue weighted by Crippen LogP contribution is 2.20. The number of hydrogen-bond acceptors (Lipinski definition) is 4. The van der Waals surface area contributed by atoms with Crippen molar-refractivity contribution in [1.82, 2.24) is 9.80 Å². The van der Waals surface area contributed by atoms with Crippen molar-refractivity contribution >= 4 is 5.91 Å². The molecule has 0 aromatic heterocycles. The van der Waals surface area contributed by atoms with E-state index in [2.05, 4.69) is 13.8 Å². The van der Waals surface area contributed by atoms with Crippen LogP contribution in [0.5, 0.6) is 0 Å². The van der Waals surface area contributed by atoms with Gasteiger partial charge >= 0.3 is 0 Å². The van der Waals surface area contributed by atoms with Crippen molar-refractivity contribution in [3.05, 3.63) is 0 Å². The molecule has 0 radical (unpaired) electrons. The van der Waals surface area contributed by atoms with Crippen molar-refractivity contribution in [2.45, 2.75) is 26.7 Å². The highest BCUT2D eigenvalue weighted by molar-refractivity contribution is 5.78. The van der Waals surface area contributed by atoms with Crippen molar-refractivity contribution in [3.63, 3.8) is 0 Å². The smallest absolute Gasteiger partial charge is 0.236 e. The second kappa shape index (κ2) is 8.51. The summed E-state index contributed by atoms with van der Waals surface area (Å²) in [6.07, 6.45) is 1.83. The average molecular weight is 272 g/mol. The third kappa shape index (κ3) is 5.89. The van der Waals surface area contributed by atoms with Crippen molar-refractivity contribution in [1.29, 1.82) is 0 Å². The van der Waals surface area contributed by atoms with E-state index in [9.17, 15) is 4.79 Å². The number of amides is 1. The zero-order valence-electron chi connectivity index (χ0n) is 12.2. The molecule has 112 valence electrons. The summed E-state index contributed by atoms with van der Waals surface area (Å²) < 4.78 is 0. The van der Waals surface area contributed by atoms with Gasteiger partial charge in [0.1, 0.15) is 0 Å². The molecule has 0 aliphatic carbocycles. The van der Waals surface area contributed by atoms with Gasteiger partial charge in [-0.3, -0.25) is 9.69 Å². The normalized spacial score (nSPS) is 23.9. The molecule has 1 amide bonds. The highest BCUT2D eigenvalue weighted by Gasteiger charge is 2.26. The van der Waals surface area contributed by atoms with Crippen molar-refractivity contribution in [2.24, 2.45) is 11.8 Å². The fraction of sp³-hybridized carbons (Fsp3) is 0.929. The van der Waals surface area contributed by atoms with Gasteiger partial charge in [-0.2, -0.15) is 0 Å². The van der Waals surface area contributed by atoms with Gasteiger partial charge in [-0.25, -0.2) is 0 Å². The molecule has 0 saturated carbocycles. The fourth-order valence-corrected chi connectivity index (χ4v) is 2.86. The minimum absolute atomic E-state index is 0.0471. The number of nitrogens with zero attached hydrogens (tertiary/aromatic N) is 2. The molecule has 1 aliphatic rings. The third-order valence-corrected chi connectivity index (χ3v) is 3.63. The highest BCUT2D eigenvalue weighted by atomic mass is 16.3. The van der Waals surface area contributed by atoms with Crippen molar-refractivity contribution in [3.8, 4) is 0 Å². The van der Waals surface area contributed by atoms with E-state index < -0.39 is 0 Å². The first-order valence-electron chi connectivity index (χ1n) is 7.28. The zero-order chi connectivity index (χ0) is 14.3. The molecule has 19 heavy (non-hydrogen) atoms. The van der Waals surface area contributed by atoms with Crippen LogP contribution >= 0.6 is 0 Å². The molecule has 2 atom stereocenters. The first-order chi connectivity index (χ1) is 9.06. The van der Waals surface area contributed by atoms with Crippen LogP contribution in [0.2, 0.25) is 0 Å². The van der Waals surface area contributed by atoms with Crippen LogP contribution in [0.3, 0.4) is 0 Å². The topological polar surface area (TPSA) is 64.0 Å². The van der Waals surface area contributed by atoms with Crippen molar-refractivity contribution in [2.75, 3.05) is 45.9 Å². The number of piperidine rings is 1. The van der Waals surface area contributed by atoms with Crippen LogP contribution in [0.15, 0.2) is 0 Å². The monoisotopic (exact) mass is 272 g/mol. The summed E-state index contributed by atoms with van der Waals surface area (Å²) in [5.41, 5.74) is 0. The third-order valence-electron chi connectivity index (χ3n) is 3.63. The standard InChI is InChI=1S/C14H28N2O3/c1-12-8-13(2)10-16(9-12)14(19)11-15(5-7-18)4-3-6-17/h12-13,17-18H,3-11H2,1-2H3. The number of aliphatic hydroxyl groups excluding tert-OH is 2. The zero-order valence-corrected chi connectivity index (χ0v) is 12.2. The molecule has 2 N–H and O–H groups in total. The number of carbonyl (C=O) groups is 1. The number of carbonyl (C=O) groups excluding carboxylic acids is 1. The second-order valence-corrected chi connectivity index (χ2v) is 5.82. The van der Waals surface area contributed by atoms with Gasteiger partial charge in [-0.1, -0.05) is 13.8 Å². The Morgan fingerprint density at radius 3 is 2.32 bits per heavy atom. The molecule has 5 nitrogen and oxygen atoms in total. The van der Waals surface area contributed by atoms with E-state index in [1.807, 2.05) is 9.80 Å². The van der Waals surface area contributed by atoms with Crippen LogP contribution in [0.4, 0.5) is 0 Å².